The van der Waals surface area contributed by atoms with Crippen molar-refractivity contribution in [1.29, 1.82) is 0 Å². The van der Waals surface area contributed by atoms with Crippen LogP contribution in [-0.2, 0) is 6.54 Å². The SMILES string of the molecule is CN(C)CCN1C(=O)c2cccc3c(NNCc4ccc([N+](=O)[O-])cc4)ccc(c23)C1=O. The molecule has 0 saturated heterocycles. The van der Waals surface area contributed by atoms with E-state index in [-0.39, 0.29) is 17.5 Å². The molecule has 2 amide bonds. The Hall–Kier alpha value is -3.82. The Morgan fingerprint density at radius 2 is 1.66 bits per heavy atom. The summed E-state index contributed by atoms with van der Waals surface area (Å²) in [6, 6.07) is 15.2. The highest BCUT2D eigenvalue weighted by molar-refractivity contribution is 6.26. The number of carbonyl (C=O) groups excluding carboxylic acids is 2. The molecule has 9 nitrogen and oxygen atoms in total. The van der Waals surface area contributed by atoms with Gasteiger partial charge in [-0.2, -0.15) is 0 Å². The number of nitrogens with zero attached hydrogens (tertiary/aromatic N) is 3. The van der Waals surface area contributed by atoms with E-state index in [1.165, 1.54) is 17.0 Å². The van der Waals surface area contributed by atoms with Gasteiger partial charge in [0.1, 0.15) is 0 Å². The lowest BCUT2D eigenvalue weighted by atomic mass is 9.93. The molecule has 3 aromatic rings. The first-order chi connectivity index (χ1) is 15.4. The fraction of sp³-hybridized carbons (Fsp3) is 0.217. The zero-order chi connectivity index (χ0) is 22.8. The average Bonchev–Trinajstić information content (AvgIpc) is 2.78. The lowest BCUT2D eigenvalue weighted by Gasteiger charge is -2.28. The number of imide groups is 1. The van der Waals surface area contributed by atoms with Crippen LogP contribution in [0.4, 0.5) is 11.4 Å². The Labute approximate surface area is 184 Å². The topological polar surface area (TPSA) is 108 Å². The molecule has 0 aliphatic carbocycles. The molecule has 0 bridgehead atoms. The van der Waals surface area contributed by atoms with Crippen LogP contribution < -0.4 is 10.9 Å². The second-order valence-electron chi connectivity index (χ2n) is 7.86. The number of rotatable bonds is 8. The number of amides is 2. The summed E-state index contributed by atoms with van der Waals surface area (Å²) < 4.78 is 0. The lowest BCUT2D eigenvalue weighted by Crippen LogP contribution is -2.43. The molecule has 0 radical (unpaired) electrons. The number of hydrogen-bond donors (Lipinski definition) is 2. The van der Waals surface area contributed by atoms with Crippen LogP contribution in [0.5, 0.6) is 0 Å². The van der Waals surface area contributed by atoms with Gasteiger partial charge in [-0.3, -0.25) is 24.6 Å². The van der Waals surface area contributed by atoms with Crippen molar-refractivity contribution in [2.24, 2.45) is 0 Å². The van der Waals surface area contributed by atoms with Gasteiger partial charge in [0, 0.05) is 53.7 Å². The van der Waals surface area contributed by atoms with Crippen molar-refractivity contribution >= 4 is 34.0 Å². The van der Waals surface area contributed by atoms with Gasteiger partial charge >= 0.3 is 0 Å². The van der Waals surface area contributed by atoms with Gasteiger partial charge < -0.3 is 10.3 Å². The molecule has 2 N–H and O–H groups in total. The van der Waals surface area contributed by atoms with Gasteiger partial charge in [0.05, 0.1) is 10.6 Å². The molecule has 9 heteroatoms. The number of anilines is 1. The largest absolute Gasteiger partial charge is 0.321 e. The van der Waals surface area contributed by atoms with Crippen molar-refractivity contribution in [3.63, 3.8) is 0 Å². The summed E-state index contributed by atoms with van der Waals surface area (Å²) >= 11 is 0. The molecule has 0 atom stereocenters. The first-order valence-electron chi connectivity index (χ1n) is 10.2. The zero-order valence-electron chi connectivity index (χ0n) is 17.8. The van der Waals surface area contributed by atoms with Gasteiger partial charge in [-0.05, 0) is 37.9 Å². The van der Waals surface area contributed by atoms with Crippen molar-refractivity contribution < 1.29 is 14.5 Å². The van der Waals surface area contributed by atoms with Gasteiger partial charge in [-0.25, -0.2) is 5.43 Å². The van der Waals surface area contributed by atoms with Crippen LogP contribution in [0, 0.1) is 10.1 Å². The van der Waals surface area contributed by atoms with E-state index in [1.54, 1.807) is 30.3 Å². The van der Waals surface area contributed by atoms with Crippen molar-refractivity contribution in [2.45, 2.75) is 6.54 Å². The van der Waals surface area contributed by atoms with Crippen molar-refractivity contribution in [2.75, 3.05) is 32.6 Å². The number of nitrogens with one attached hydrogen (secondary N) is 2. The molecular weight excluding hydrogens is 410 g/mol. The smallest absolute Gasteiger partial charge is 0.269 e. The molecule has 164 valence electrons. The Morgan fingerprint density at radius 3 is 2.31 bits per heavy atom. The number of carbonyl (C=O) groups is 2. The summed E-state index contributed by atoms with van der Waals surface area (Å²) in [5.74, 6) is -0.572. The van der Waals surface area contributed by atoms with Gasteiger partial charge in [0.15, 0.2) is 0 Å². The van der Waals surface area contributed by atoms with Gasteiger partial charge in [0.2, 0.25) is 0 Å². The molecule has 0 unspecified atom stereocenters. The number of non-ortho nitro benzene ring substituents is 1. The molecular formula is C23H23N5O4. The standard InChI is InChI=1S/C23H23N5O4/c1-26(2)12-13-27-22(29)18-5-3-4-17-20(11-10-19(21(17)18)23(27)30)25-24-14-15-6-8-16(9-7-15)28(31)32/h3-11,24-25H,12-14H2,1-2H3. The number of benzene rings is 3. The summed E-state index contributed by atoms with van der Waals surface area (Å²) in [5, 5.41) is 12.2. The number of hydrogen-bond acceptors (Lipinski definition) is 7. The lowest BCUT2D eigenvalue weighted by molar-refractivity contribution is -0.384. The maximum absolute atomic E-state index is 13.0. The van der Waals surface area contributed by atoms with Crippen molar-refractivity contribution in [3.8, 4) is 0 Å². The quantitative estimate of drug-likeness (QED) is 0.319. The minimum atomic E-state index is -0.436. The third-order valence-electron chi connectivity index (χ3n) is 5.43. The second-order valence-corrected chi connectivity index (χ2v) is 7.86. The highest BCUT2D eigenvalue weighted by Crippen LogP contribution is 2.34. The van der Waals surface area contributed by atoms with Gasteiger partial charge in [-0.1, -0.05) is 24.3 Å². The summed E-state index contributed by atoms with van der Waals surface area (Å²) in [7, 11) is 3.80. The fourth-order valence-corrected chi connectivity index (χ4v) is 3.74. The highest BCUT2D eigenvalue weighted by atomic mass is 16.6. The van der Waals surface area contributed by atoms with Crippen molar-refractivity contribution in [3.05, 3.63) is 81.4 Å². The zero-order valence-corrected chi connectivity index (χ0v) is 17.8. The molecule has 32 heavy (non-hydrogen) atoms. The van der Waals surface area contributed by atoms with E-state index in [1.807, 2.05) is 31.1 Å². The first-order valence-corrected chi connectivity index (χ1v) is 10.2. The summed E-state index contributed by atoms with van der Waals surface area (Å²) in [6.07, 6.45) is 0. The number of nitro groups is 1. The normalized spacial score (nSPS) is 13.2. The maximum atomic E-state index is 13.0. The van der Waals surface area contributed by atoms with E-state index in [9.17, 15) is 19.7 Å². The van der Waals surface area contributed by atoms with E-state index >= 15 is 0 Å². The van der Waals surface area contributed by atoms with Gasteiger partial charge in [0.25, 0.3) is 17.5 Å². The molecule has 3 aromatic carbocycles. The Morgan fingerprint density at radius 1 is 0.969 bits per heavy atom. The molecule has 0 saturated carbocycles. The third-order valence-corrected chi connectivity index (χ3v) is 5.43. The molecule has 1 aliphatic heterocycles. The molecule has 0 fully saturated rings. The molecule has 1 heterocycles. The predicted octanol–water partition coefficient (Wildman–Crippen LogP) is 3.02. The highest BCUT2D eigenvalue weighted by Gasteiger charge is 2.33. The van der Waals surface area contributed by atoms with Crippen LogP contribution in [0.1, 0.15) is 26.3 Å². The van der Waals surface area contributed by atoms with E-state index < -0.39 is 4.92 Å². The van der Waals surface area contributed by atoms with Crippen LogP contribution >= 0.6 is 0 Å². The van der Waals surface area contributed by atoms with E-state index in [0.717, 1.165) is 16.6 Å². The number of nitro benzene ring substituents is 1. The summed E-state index contributed by atoms with van der Waals surface area (Å²) in [5.41, 5.74) is 8.88. The maximum Gasteiger partial charge on any atom is 0.269 e. The van der Waals surface area contributed by atoms with Crippen LogP contribution in [0.15, 0.2) is 54.6 Å². The molecule has 0 spiro atoms. The minimum absolute atomic E-state index is 0.0410. The molecule has 0 aromatic heterocycles. The van der Waals surface area contributed by atoms with Crippen LogP contribution in [-0.4, -0.2) is 53.7 Å². The monoisotopic (exact) mass is 433 g/mol. The van der Waals surface area contributed by atoms with E-state index in [4.69, 9.17) is 0 Å². The minimum Gasteiger partial charge on any atom is -0.321 e. The third kappa shape index (κ3) is 4.03. The van der Waals surface area contributed by atoms with Crippen LogP contribution in [0.2, 0.25) is 0 Å². The fourth-order valence-electron chi connectivity index (χ4n) is 3.74. The number of hydrazine groups is 1. The van der Waals surface area contributed by atoms with Crippen molar-refractivity contribution in [1.82, 2.24) is 15.2 Å². The Kier molecular flexibility index (Phi) is 5.85. The predicted molar refractivity (Wildman–Crippen MR) is 121 cm³/mol. The van der Waals surface area contributed by atoms with E-state index in [2.05, 4.69) is 10.9 Å². The summed E-state index contributed by atoms with van der Waals surface area (Å²) in [6.45, 7) is 1.35. The first kappa shape index (κ1) is 21.4. The Bertz CT molecular complexity index is 1180. The number of likely N-dealkylation sites (N-methyl/N-ethyl adjacent to an activating group) is 1. The van der Waals surface area contributed by atoms with Crippen LogP contribution in [0.25, 0.3) is 10.8 Å². The Balaban J connectivity index is 1.56. The second kappa shape index (κ2) is 8.74. The average molecular weight is 433 g/mol. The van der Waals surface area contributed by atoms with Gasteiger partial charge in [-0.15, -0.1) is 0 Å². The molecule has 1 aliphatic rings. The molecule has 4 rings (SSSR count). The van der Waals surface area contributed by atoms with Crippen LogP contribution in [0.3, 0.4) is 0 Å². The van der Waals surface area contributed by atoms with E-state index in [0.29, 0.717) is 36.1 Å². The summed E-state index contributed by atoms with van der Waals surface area (Å²) in [4.78, 5) is 39.6.